The fraction of sp³-hybridized carbons (Fsp3) is 0.333. The molecule has 0 aliphatic rings. The summed E-state index contributed by atoms with van der Waals surface area (Å²) >= 11 is 3.49. The van der Waals surface area contributed by atoms with Gasteiger partial charge in [-0.2, -0.15) is 0 Å². The molecule has 0 aliphatic heterocycles. The third kappa shape index (κ3) is 4.14. The van der Waals surface area contributed by atoms with Crippen LogP contribution in [0.25, 0.3) is 0 Å². The number of nitrogens with zero attached hydrogens (tertiary/aromatic N) is 2. The number of aromatic nitrogens is 2. The third-order valence-electron chi connectivity index (χ3n) is 3.13. The van der Waals surface area contributed by atoms with Crippen LogP contribution in [0.15, 0.2) is 29.0 Å². The number of halogens is 2. The Bertz CT molecular complexity index is 619. The van der Waals surface area contributed by atoms with Crippen molar-refractivity contribution in [1.29, 1.82) is 0 Å². The summed E-state index contributed by atoms with van der Waals surface area (Å²) in [5.74, 6) is 1.33. The van der Waals surface area contributed by atoms with Crippen molar-refractivity contribution >= 4 is 27.6 Å². The second-order valence-electron chi connectivity index (χ2n) is 4.66. The number of anilines is 2. The molecule has 1 aromatic carbocycles. The zero-order chi connectivity index (χ0) is 15.2. The van der Waals surface area contributed by atoms with Crippen LogP contribution in [0.5, 0.6) is 0 Å². The molecule has 2 N–H and O–H groups in total. The molecule has 0 atom stereocenters. The fourth-order valence-corrected chi connectivity index (χ4v) is 2.52. The van der Waals surface area contributed by atoms with Gasteiger partial charge in [-0.3, -0.25) is 0 Å². The molecule has 2 aromatic rings. The highest BCUT2D eigenvalue weighted by atomic mass is 79.9. The number of rotatable bonds is 6. The molecule has 112 valence electrons. The Hall–Kier alpha value is -1.69. The van der Waals surface area contributed by atoms with Crippen molar-refractivity contribution in [2.24, 2.45) is 0 Å². The summed E-state index contributed by atoms with van der Waals surface area (Å²) in [6.07, 6.45) is 2.33. The highest BCUT2D eigenvalue weighted by Gasteiger charge is 2.07. The molecule has 0 radical (unpaired) electrons. The van der Waals surface area contributed by atoms with Gasteiger partial charge in [-0.15, -0.1) is 0 Å². The lowest BCUT2D eigenvalue weighted by Crippen LogP contribution is -2.10. The van der Waals surface area contributed by atoms with Crippen molar-refractivity contribution in [3.63, 3.8) is 0 Å². The molecule has 21 heavy (non-hydrogen) atoms. The van der Waals surface area contributed by atoms with Crippen LogP contribution in [0, 0.1) is 12.7 Å². The van der Waals surface area contributed by atoms with E-state index in [0.29, 0.717) is 6.54 Å². The molecule has 4 nitrogen and oxygen atoms in total. The van der Waals surface area contributed by atoms with E-state index in [-0.39, 0.29) is 5.82 Å². The molecule has 0 spiro atoms. The molecule has 0 amide bonds. The summed E-state index contributed by atoms with van der Waals surface area (Å²) < 4.78 is 13.9. The van der Waals surface area contributed by atoms with Gasteiger partial charge in [0.25, 0.3) is 0 Å². The van der Waals surface area contributed by atoms with Gasteiger partial charge in [0.1, 0.15) is 28.3 Å². The quantitative estimate of drug-likeness (QED) is 0.830. The van der Waals surface area contributed by atoms with Crippen molar-refractivity contribution in [2.45, 2.75) is 20.3 Å². The highest BCUT2D eigenvalue weighted by molar-refractivity contribution is 9.10. The molecule has 2 rings (SSSR count). The predicted octanol–water partition coefficient (Wildman–Crippen LogP) is 3.77. The van der Waals surface area contributed by atoms with Crippen LogP contribution in [-0.4, -0.2) is 23.1 Å². The molecule has 0 saturated carbocycles. The van der Waals surface area contributed by atoms with Crippen LogP contribution in [0.1, 0.15) is 18.1 Å². The van der Waals surface area contributed by atoms with Crippen LogP contribution < -0.4 is 10.6 Å². The van der Waals surface area contributed by atoms with Gasteiger partial charge < -0.3 is 10.6 Å². The van der Waals surface area contributed by atoms with E-state index in [1.165, 1.54) is 12.4 Å². The maximum absolute atomic E-state index is 13.1. The Morgan fingerprint density at radius 3 is 2.57 bits per heavy atom. The smallest absolute Gasteiger partial charge is 0.145 e. The standard InChI is InChI=1S/C15H18BrFN4/c1-3-18-14-13(16)15(21-9-20-14)19-7-6-11-4-5-12(17)8-10(11)2/h4-5,8-9H,3,6-7H2,1-2H3,(H2,18,19,20,21). The van der Waals surface area contributed by atoms with Gasteiger partial charge in [0.05, 0.1) is 0 Å². The second-order valence-corrected chi connectivity index (χ2v) is 5.46. The number of aryl methyl sites for hydroxylation is 1. The number of hydrogen-bond acceptors (Lipinski definition) is 4. The Morgan fingerprint density at radius 1 is 1.19 bits per heavy atom. The van der Waals surface area contributed by atoms with Crippen LogP contribution in [-0.2, 0) is 6.42 Å². The second kappa shape index (κ2) is 7.36. The van der Waals surface area contributed by atoms with Gasteiger partial charge in [0.15, 0.2) is 0 Å². The molecular weight excluding hydrogens is 335 g/mol. The minimum absolute atomic E-state index is 0.196. The minimum Gasteiger partial charge on any atom is -0.369 e. The van der Waals surface area contributed by atoms with E-state index in [2.05, 4.69) is 36.5 Å². The predicted molar refractivity (Wildman–Crippen MR) is 87.2 cm³/mol. The number of hydrogen-bond donors (Lipinski definition) is 2. The topological polar surface area (TPSA) is 49.8 Å². The van der Waals surface area contributed by atoms with E-state index in [4.69, 9.17) is 0 Å². The normalized spacial score (nSPS) is 10.5. The summed E-state index contributed by atoms with van der Waals surface area (Å²) in [4.78, 5) is 8.39. The van der Waals surface area contributed by atoms with Gasteiger partial charge in [-0.25, -0.2) is 14.4 Å². The van der Waals surface area contributed by atoms with Gasteiger partial charge >= 0.3 is 0 Å². The molecule has 0 unspecified atom stereocenters. The first kappa shape index (κ1) is 15.7. The Labute approximate surface area is 132 Å². The summed E-state index contributed by atoms with van der Waals surface area (Å²) in [5, 5.41) is 6.43. The van der Waals surface area contributed by atoms with Crippen molar-refractivity contribution in [3.8, 4) is 0 Å². The Kier molecular flexibility index (Phi) is 5.50. The van der Waals surface area contributed by atoms with E-state index in [0.717, 1.165) is 40.2 Å². The first-order valence-corrected chi connectivity index (χ1v) is 7.64. The summed E-state index contributed by atoms with van der Waals surface area (Å²) in [7, 11) is 0. The molecule has 0 saturated heterocycles. The monoisotopic (exact) mass is 352 g/mol. The fourth-order valence-electron chi connectivity index (χ4n) is 2.04. The largest absolute Gasteiger partial charge is 0.369 e. The van der Waals surface area contributed by atoms with Gasteiger partial charge in [-0.05, 0) is 59.5 Å². The van der Waals surface area contributed by atoms with Crippen LogP contribution >= 0.6 is 15.9 Å². The minimum atomic E-state index is -0.196. The summed E-state index contributed by atoms with van der Waals surface area (Å²) in [6, 6.07) is 4.87. The molecule has 0 bridgehead atoms. The van der Waals surface area contributed by atoms with Gasteiger partial charge in [-0.1, -0.05) is 6.07 Å². The molecule has 6 heteroatoms. The van der Waals surface area contributed by atoms with Crippen molar-refractivity contribution < 1.29 is 4.39 Å². The molecular formula is C15H18BrFN4. The van der Waals surface area contributed by atoms with Crippen LogP contribution in [0.4, 0.5) is 16.0 Å². The average molecular weight is 353 g/mol. The molecule has 0 fully saturated rings. The maximum atomic E-state index is 13.1. The maximum Gasteiger partial charge on any atom is 0.145 e. The summed E-state index contributed by atoms with van der Waals surface area (Å²) in [6.45, 7) is 5.44. The SMILES string of the molecule is CCNc1ncnc(NCCc2ccc(F)cc2C)c1Br. The van der Waals surface area contributed by atoms with E-state index in [1.54, 1.807) is 6.07 Å². The molecule has 1 aromatic heterocycles. The summed E-state index contributed by atoms with van der Waals surface area (Å²) in [5.41, 5.74) is 2.09. The van der Waals surface area contributed by atoms with E-state index in [9.17, 15) is 4.39 Å². The molecule has 1 heterocycles. The Morgan fingerprint density at radius 2 is 1.90 bits per heavy atom. The number of benzene rings is 1. The third-order valence-corrected chi connectivity index (χ3v) is 3.88. The lowest BCUT2D eigenvalue weighted by Gasteiger charge is -2.11. The van der Waals surface area contributed by atoms with Crippen LogP contribution in [0.2, 0.25) is 0 Å². The number of nitrogens with one attached hydrogen (secondary N) is 2. The van der Waals surface area contributed by atoms with E-state index >= 15 is 0 Å². The lowest BCUT2D eigenvalue weighted by atomic mass is 10.1. The van der Waals surface area contributed by atoms with Gasteiger partial charge in [0, 0.05) is 13.1 Å². The molecule has 0 aliphatic carbocycles. The zero-order valence-electron chi connectivity index (χ0n) is 12.1. The highest BCUT2D eigenvalue weighted by Crippen LogP contribution is 2.26. The van der Waals surface area contributed by atoms with E-state index < -0.39 is 0 Å². The van der Waals surface area contributed by atoms with Crippen molar-refractivity contribution in [1.82, 2.24) is 9.97 Å². The van der Waals surface area contributed by atoms with Crippen molar-refractivity contribution in [3.05, 3.63) is 45.9 Å². The van der Waals surface area contributed by atoms with Crippen LogP contribution in [0.3, 0.4) is 0 Å². The average Bonchev–Trinajstić information content (AvgIpc) is 2.45. The van der Waals surface area contributed by atoms with Crippen molar-refractivity contribution in [2.75, 3.05) is 23.7 Å². The lowest BCUT2D eigenvalue weighted by molar-refractivity contribution is 0.625. The zero-order valence-corrected chi connectivity index (χ0v) is 13.7. The first-order chi connectivity index (χ1) is 10.1. The van der Waals surface area contributed by atoms with Gasteiger partial charge in [0.2, 0.25) is 0 Å². The first-order valence-electron chi connectivity index (χ1n) is 6.85. The Balaban J connectivity index is 1.99. The van der Waals surface area contributed by atoms with E-state index in [1.807, 2.05) is 19.9 Å².